The summed E-state index contributed by atoms with van der Waals surface area (Å²) < 4.78 is 13.7. The first-order valence-corrected chi connectivity index (χ1v) is 5.79. The highest BCUT2D eigenvalue weighted by Gasteiger charge is 2.26. The van der Waals surface area contributed by atoms with Crippen LogP contribution in [0.2, 0.25) is 0 Å². The number of rotatable bonds is 4. The number of carboxylic acids is 1. The molecule has 98 valence electrons. The van der Waals surface area contributed by atoms with Crippen LogP contribution in [0.4, 0.5) is 4.39 Å². The summed E-state index contributed by atoms with van der Waals surface area (Å²) in [7, 11) is 0. The number of hydrogen-bond acceptors (Lipinski definition) is 3. The summed E-state index contributed by atoms with van der Waals surface area (Å²) in [5.74, 6) is -3.08. The van der Waals surface area contributed by atoms with Crippen LogP contribution in [0, 0.1) is 5.82 Å². The van der Waals surface area contributed by atoms with E-state index in [0.29, 0.717) is 0 Å². The Labute approximate surface area is 111 Å². The highest BCUT2D eigenvalue weighted by molar-refractivity contribution is 9.10. The molecule has 0 bridgehead atoms. The third kappa shape index (κ3) is 3.27. The van der Waals surface area contributed by atoms with E-state index in [-0.39, 0.29) is 10.0 Å². The van der Waals surface area contributed by atoms with Gasteiger partial charge >= 0.3 is 5.97 Å². The van der Waals surface area contributed by atoms with E-state index in [1.807, 2.05) is 0 Å². The Bertz CT molecular complexity index is 478. The molecular weight excluding hydrogens is 309 g/mol. The number of aliphatic hydroxyl groups is 1. The summed E-state index contributed by atoms with van der Waals surface area (Å²) in [6, 6.07) is 2.59. The summed E-state index contributed by atoms with van der Waals surface area (Å²) in [6.07, 6.45) is -1.29. The minimum absolute atomic E-state index is 0.0964. The van der Waals surface area contributed by atoms with Gasteiger partial charge in [-0.15, -0.1) is 0 Å². The molecule has 0 aliphatic heterocycles. The lowest BCUT2D eigenvalue weighted by Gasteiger charge is -2.17. The first-order chi connectivity index (χ1) is 8.34. The molecule has 0 aliphatic rings. The van der Waals surface area contributed by atoms with Gasteiger partial charge in [0, 0.05) is 0 Å². The maximum Gasteiger partial charge on any atom is 0.328 e. The van der Waals surface area contributed by atoms with Crippen LogP contribution >= 0.6 is 15.9 Å². The first kappa shape index (κ1) is 14.6. The number of carbonyl (C=O) groups excluding carboxylic acids is 1. The maximum absolute atomic E-state index is 13.6. The summed E-state index contributed by atoms with van der Waals surface area (Å²) in [5.41, 5.74) is -0.295. The van der Waals surface area contributed by atoms with Gasteiger partial charge in [-0.2, -0.15) is 0 Å². The van der Waals surface area contributed by atoms with Crippen LogP contribution in [0.3, 0.4) is 0 Å². The number of carbonyl (C=O) groups is 2. The molecule has 5 nitrogen and oxygen atoms in total. The van der Waals surface area contributed by atoms with Gasteiger partial charge < -0.3 is 15.5 Å². The van der Waals surface area contributed by atoms with E-state index in [1.54, 1.807) is 0 Å². The van der Waals surface area contributed by atoms with E-state index in [0.717, 1.165) is 0 Å². The molecular formula is C11H11BrFNO4. The Morgan fingerprint density at radius 2 is 2.06 bits per heavy atom. The number of nitrogens with one attached hydrogen (secondary N) is 1. The second kappa shape index (κ2) is 5.92. The average molecular weight is 320 g/mol. The summed E-state index contributed by atoms with van der Waals surface area (Å²) in [5, 5.41) is 20.0. The predicted molar refractivity (Wildman–Crippen MR) is 64.7 cm³/mol. The largest absolute Gasteiger partial charge is 0.480 e. The van der Waals surface area contributed by atoms with E-state index in [4.69, 9.17) is 5.11 Å². The molecule has 0 aliphatic carbocycles. The van der Waals surface area contributed by atoms with E-state index in [2.05, 4.69) is 21.2 Å². The van der Waals surface area contributed by atoms with Crippen LogP contribution in [0.5, 0.6) is 0 Å². The van der Waals surface area contributed by atoms with Crippen molar-refractivity contribution in [2.24, 2.45) is 0 Å². The third-order valence-electron chi connectivity index (χ3n) is 2.23. The predicted octanol–water partition coefficient (Wildman–Crippen LogP) is 1.15. The summed E-state index contributed by atoms with van der Waals surface area (Å²) in [4.78, 5) is 22.5. The molecule has 1 amide bonds. The van der Waals surface area contributed by atoms with Crippen LogP contribution in [-0.2, 0) is 4.79 Å². The van der Waals surface area contributed by atoms with Gasteiger partial charge in [-0.3, -0.25) is 4.79 Å². The number of aliphatic carboxylic acids is 1. The van der Waals surface area contributed by atoms with Gasteiger partial charge in [-0.25, -0.2) is 9.18 Å². The number of aliphatic hydroxyl groups excluding tert-OH is 1. The molecule has 0 aromatic heterocycles. The number of amides is 1. The molecule has 0 spiro atoms. The summed E-state index contributed by atoms with van der Waals surface area (Å²) in [6.45, 7) is 1.22. The van der Waals surface area contributed by atoms with Gasteiger partial charge in [0.05, 0.1) is 16.1 Å². The molecule has 1 aromatic rings. The monoisotopic (exact) mass is 319 g/mol. The van der Waals surface area contributed by atoms with Crippen molar-refractivity contribution in [1.29, 1.82) is 0 Å². The zero-order valence-electron chi connectivity index (χ0n) is 9.35. The van der Waals surface area contributed by atoms with Gasteiger partial charge in [0.1, 0.15) is 5.82 Å². The van der Waals surface area contributed by atoms with Crippen LogP contribution in [-0.4, -0.2) is 34.2 Å². The second-order valence-electron chi connectivity index (χ2n) is 3.63. The van der Waals surface area contributed by atoms with Crippen molar-refractivity contribution >= 4 is 27.8 Å². The van der Waals surface area contributed by atoms with Gasteiger partial charge in [0.25, 0.3) is 5.91 Å². The number of benzene rings is 1. The number of hydrogen-bond donors (Lipinski definition) is 3. The molecule has 3 N–H and O–H groups in total. The highest BCUT2D eigenvalue weighted by Crippen LogP contribution is 2.18. The van der Waals surface area contributed by atoms with Crippen LogP contribution in [0.1, 0.15) is 17.3 Å². The van der Waals surface area contributed by atoms with Crippen molar-refractivity contribution in [2.75, 3.05) is 0 Å². The molecule has 0 fully saturated rings. The molecule has 2 atom stereocenters. The molecule has 0 radical (unpaired) electrons. The van der Waals surface area contributed by atoms with Crippen molar-refractivity contribution < 1.29 is 24.2 Å². The Morgan fingerprint density at radius 1 is 1.44 bits per heavy atom. The minimum Gasteiger partial charge on any atom is -0.480 e. The maximum atomic E-state index is 13.6. The standard InChI is InChI=1S/C11H11BrFNO4/c1-5(15)9(11(17)18)14-10(16)6-3-2-4-7(12)8(6)13/h2-5,9,15H,1H3,(H,14,16)(H,17,18)/t5-,9+/m1/s1. The van der Waals surface area contributed by atoms with Gasteiger partial charge in [-0.1, -0.05) is 6.07 Å². The van der Waals surface area contributed by atoms with E-state index in [9.17, 15) is 19.1 Å². The van der Waals surface area contributed by atoms with Gasteiger partial charge in [0.15, 0.2) is 6.04 Å². The van der Waals surface area contributed by atoms with Crippen molar-refractivity contribution in [1.82, 2.24) is 5.32 Å². The van der Waals surface area contributed by atoms with E-state index < -0.39 is 29.8 Å². The normalized spacial score (nSPS) is 13.8. The topological polar surface area (TPSA) is 86.6 Å². The lowest BCUT2D eigenvalue weighted by atomic mass is 10.1. The average Bonchev–Trinajstić information content (AvgIpc) is 2.28. The van der Waals surface area contributed by atoms with Crippen LogP contribution < -0.4 is 5.32 Å². The Hall–Kier alpha value is -1.47. The Morgan fingerprint density at radius 3 is 2.56 bits per heavy atom. The molecule has 0 saturated carbocycles. The van der Waals surface area contributed by atoms with E-state index in [1.165, 1.54) is 25.1 Å². The fraction of sp³-hybridized carbons (Fsp3) is 0.273. The van der Waals surface area contributed by atoms with Crippen LogP contribution in [0.15, 0.2) is 22.7 Å². The third-order valence-corrected chi connectivity index (χ3v) is 2.84. The smallest absolute Gasteiger partial charge is 0.328 e. The van der Waals surface area contributed by atoms with E-state index >= 15 is 0 Å². The highest BCUT2D eigenvalue weighted by atomic mass is 79.9. The SMILES string of the molecule is C[C@@H](O)[C@H](NC(=O)c1cccc(Br)c1F)C(=O)O. The van der Waals surface area contributed by atoms with Crippen molar-refractivity contribution in [2.45, 2.75) is 19.1 Å². The molecule has 0 unspecified atom stereocenters. The molecule has 1 aromatic carbocycles. The fourth-order valence-corrected chi connectivity index (χ4v) is 1.65. The zero-order valence-corrected chi connectivity index (χ0v) is 10.9. The lowest BCUT2D eigenvalue weighted by Crippen LogP contribution is -2.47. The summed E-state index contributed by atoms with van der Waals surface area (Å²) >= 11 is 2.92. The van der Waals surface area contributed by atoms with Gasteiger partial charge in [-0.05, 0) is 35.0 Å². The fourth-order valence-electron chi connectivity index (χ4n) is 1.29. The first-order valence-electron chi connectivity index (χ1n) is 5.00. The Balaban J connectivity index is 2.94. The van der Waals surface area contributed by atoms with Crippen molar-refractivity contribution in [3.05, 3.63) is 34.1 Å². The van der Waals surface area contributed by atoms with Gasteiger partial charge in [0.2, 0.25) is 0 Å². The quantitative estimate of drug-likeness (QED) is 0.777. The molecule has 1 rings (SSSR count). The molecule has 0 heterocycles. The zero-order chi connectivity index (χ0) is 13.9. The van der Waals surface area contributed by atoms with Crippen LogP contribution in [0.25, 0.3) is 0 Å². The number of halogens is 2. The lowest BCUT2D eigenvalue weighted by molar-refractivity contribution is -0.141. The molecule has 0 saturated heterocycles. The van der Waals surface area contributed by atoms with Crippen molar-refractivity contribution in [3.63, 3.8) is 0 Å². The van der Waals surface area contributed by atoms with Crippen molar-refractivity contribution in [3.8, 4) is 0 Å². The second-order valence-corrected chi connectivity index (χ2v) is 4.49. The molecule has 7 heteroatoms. The Kier molecular flexibility index (Phi) is 4.80. The minimum atomic E-state index is -1.49. The number of carboxylic acid groups (broad SMARTS) is 1. The molecule has 18 heavy (non-hydrogen) atoms.